The molecule has 0 saturated carbocycles. The summed E-state index contributed by atoms with van der Waals surface area (Å²) in [5, 5.41) is 0. The van der Waals surface area contributed by atoms with Crippen molar-refractivity contribution in [3.8, 4) is 0 Å². The van der Waals surface area contributed by atoms with E-state index in [9.17, 15) is 52.7 Å². The van der Waals surface area contributed by atoms with E-state index in [4.69, 9.17) is 17.0 Å². The number of rotatable bonds is 2. The van der Waals surface area contributed by atoms with Gasteiger partial charge in [-0.1, -0.05) is 0 Å². The van der Waals surface area contributed by atoms with E-state index in [1.165, 1.54) is 0 Å². The van der Waals surface area contributed by atoms with Crippen LogP contribution in [0.1, 0.15) is 33.4 Å². The van der Waals surface area contributed by atoms with Crippen molar-refractivity contribution >= 4 is 20.2 Å². The number of benzene rings is 2. The summed E-state index contributed by atoms with van der Waals surface area (Å²) in [6, 6.07) is 0.0689. The van der Waals surface area contributed by atoms with Crippen LogP contribution in [0, 0.1) is 0 Å². The molecule has 176 valence electrons. The first-order valence-corrected chi connectivity index (χ1v) is 15.4. The summed E-state index contributed by atoms with van der Waals surface area (Å²) in [7, 11) is 11.6. The maximum absolute atomic E-state index is 13.1. The Balaban J connectivity index is 2.92. The Morgan fingerprint density at radius 2 is 0.688 bits per heavy atom. The Morgan fingerprint density at radius 3 is 0.844 bits per heavy atom. The number of alkyl halides is 12. The molecule has 0 nitrogen and oxygen atoms in total. The van der Waals surface area contributed by atoms with E-state index in [1.807, 2.05) is 0 Å². The zero-order valence-corrected chi connectivity index (χ0v) is 18.7. The van der Waals surface area contributed by atoms with Crippen LogP contribution in [0.15, 0.2) is 36.4 Å². The van der Waals surface area contributed by atoms with Gasteiger partial charge >= 0.3 is 186 Å². The molecule has 2 aromatic rings. The second kappa shape index (κ2) is 8.94. The molecule has 32 heavy (non-hydrogen) atoms. The summed E-state index contributed by atoms with van der Waals surface area (Å²) in [5.41, 5.74) is -9.28. The molecule has 0 spiro atoms. The molecule has 0 atom stereocenters. The van der Waals surface area contributed by atoms with Crippen molar-refractivity contribution in [2.75, 3.05) is 0 Å². The van der Waals surface area contributed by atoms with Crippen LogP contribution in [0.4, 0.5) is 52.7 Å². The van der Waals surface area contributed by atoms with Crippen molar-refractivity contribution < 1.29 is 71.6 Å². The molecule has 2 rings (SSSR count). The molecule has 0 amide bonds. The van der Waals surface area contributed by atoms with E-state index < -0.39 is 80.2 Å². The fourth-order valence-electron chi connectivity index (χ4n) is 2.58. The van der Waals surface area contributed by atoms with Gasteiger partial charge in [0.1, 0.15) is 0 Å². The van der Waals surface area contributed by atoms with Crippen LogP contribution < -0.4 is 0 Å². The molecule has 2 aromatic carbocycles. The number of hydrogen-bond donors (Lipinski definition) is 0. The van der Waals surface area contributed by atoms with E-state index in [-0.39, 0.29) is 36.4 Å². The molecule has 0 radical (unpaired) electrons. The first-order valence-electron chi connectivity index (χ1n) is 7.86. The van der Waals surface area contributed by atoms with E-state index in [0.717, 1.165) is 0 Å². The average molecular weight is 600 g/mol. The zero-order valence-electron chi connectivity index (χ0n) is 14.8. The van der Waals surface area contributed by atoms with E-state index >= 15 is 0 Å². The zero-order chi connectivity index (χ0) is 24.9. The number of hydrogen-bond acceptors (Lipinski definition) is 0. The molecule has 0 aliphatic rings. The first-order chi connectivity index (χ1) is 14.2. The molecule has 0 unspecified atom stereocenters. The fraction of sp³-hybridized carbons (Fsp3) is 0.235. The molecule has 0 heterocycles. The predicted octanol–water partition coefficient (Wildman–Crippen LogP) is 8.26. The molecule has 0 N–H and O–H groups in total. The van der Waals surface area contributed by atoms with Crippen molar-refractivity contribution in [2.24, 2.45) is 0 Å². The van der Waals surface area contributed by atoms with Gasteiger partial charge in [-0.3, -0.25) is 0 Å². The van der Waals surface area contributed by atoms with E-state index in [2.05, 4.69) is 0 Å². The molecular weight excluding hydrogens is 594 g/mol. The van der Waals surface area contributed by atoms with E-state index in [1.54, 1.807) is 0 Å². The van der Waals surface area contributed by atoms with Crippen LogP contribution in [0.25, 0.3) is 0 Å². The molecule has 0 aliphatic carbocycles. The van der Waals surface area contributed by atoms with Crippen molar-refractivity contribution in [1.82, 2.24) is 0 Å². The summed E-state index contributed by atoms with van der Waals surface area (Å²) < 4.78 is 157. The third-order valence-electron chi connectivity index (χ3n) is 3.94. The van der Waals surface area contributed by atoms with Crippen LogP contribution in [-0.4, -0.2) is 3.21 Å². The van der Waals surface area contributed by atoms with Gasteiger partial charge < -0.3 is 0 Å². The molecule has 0 aromatic heterocycles. The molecule has 0 bridgehead atoms. The van der Waals surface area contributed by atoms with Gasteiger partial charge in [0.2, 0.25) is 0 Å². The van der Waals surface area contributed by atoms with Gasteiger partial charge in [-0.05, 0) is 0 Å². The predicted molar refractivity (Wildman–Crippen MR) is 87.8 cm³/mol. The SMILES string of the molecule is FC(F)(F)c1cc([C](c2cc(C(F)(F)F)cc(C(F)(F)F)c2)=[Zr]([Cl])[Cl])cc(C(F)(F)F)c1. The van der Waals surface area contributed by atoms with Crippen LogP contribution >= 0.6 is 17.0 Å². The summed E-state index contributed by atoms with van der Waals surface area (Å²) in [6.45, 7) is 0. The topological polar surface area (TPSA) is 0 Å². The second-order valence-corrected chi connectivity index (χ2v) is 14.4. The monoisotopic (exact) mass is 598 g/mol. The Hall–Kier alpha value is -1.07. The van der Waals surface area contributed by atoms with Crippen LogP contribution in [0.2, 0.25) is 0 Å². The Bertz CT molecular complexity index is 899. The van der Waals surface area contributed by atoms with Gasteiger partial charge in [-0.25, -0.2) is 0 Å². The van der Waals surface area contributed by atoms with Crippen LogP contribution in [-0.2, 0) is 43.6 Å². The molecule has 0 aliphatic heterocycles. The first kappa shape index (κ1) is 27.2. The average Bonchev–Trinajstić information content (AvgIpc) is 2.58. The van der Waals surface area contributed by atoms with Crippen LogP contribution in [0.5, 0.6) is 0 Å². The van der Waals surface area contributed by atoms with Gasteiger partial charge in [-0.2, -0.15) is 0 Å². The van der Waals surface area contributed by atoms with Gasteiger partial charge in [0.25, 0.3) is 0 Å². The minimum atomic E-state index is -5.31. The van der Waals surface area contributed by atoms with Gasteiger partial charge in [0, 0.05) is 0 Å². The van der Waals surface area contributed by atoms with E-state index in [0.29, 0.717) is 0 Å². The number of halogens is 14. The third kappa shape index (κ3) is 6.50. The summed E-state index contributed by atoms with van der Waals surface area (Å²) >= 11 is -4.29. The fourth-order valence-corrected chi connectivity index (χ4v) is 6.95. The van der Waals surface area contributed by atoms with Crippen LogP contribution in [0.3, 0.4) is 0 Å². The molecule has 15 heteroatoms. The Kier molecular flexibility index (Phi) is 7.60. The Morgan fingerprint density at radius 1 is 0.469 bits per heavy atom. The van der Waals surface area contributed by atoms with Gasteiger partial charge in [-0.15, -0.1) is 0 Å². The van der Waals surface area contributed by atoms with Crippen molar-refractivity contribution in [3.63, 3.8) is 0 Å². The minimum absolute atomic E-state index is 0.142. The summed E-state index contributed by atoms with van der Waals surface area (Å²) in [4.78, 5) is 0. The standard InChI is InChI=1S/C17H6F12.2ClH.Zr/c18-14(19,20)10-2-8(3-11(6-10)15(21,22)23)1-9-4-12(16(24,25)26)7-13(5-9)17(27,28)29;;;/h2-7H;2*1H;/q;;;+2/p-2. The normalized spacial score (nSPS) is 13.3. The van der Waals surface area contributed by atoms with Crippen molar-refractivity contribution in [2.45, 2.75) is 24.7 Å². The third-order valence-corrected chi connectivity index (χ3v) is 8.53. The quantitative estimate of drug-likeness (QED) is 0.305. The summed E-state index contributed by atoms with van der Waals surface area (Å²) in [6.07, 6.45) is -21.2. The van der Waals surface area contributed by atoms with Crippen molar-refractivity contribution in [1.29, 1.82) is 0 Å². The second-order valence-electron chi connectivity index (χ2n) is 6.22. The molecular formula is C17H6Cl2F12Zr. The van der Waals surface area contributed by atoms with Gasteiger partial charge in [0.15, 0.2) is 0 Å². The molecule has 0 saturated heterocycles. The van der Waals surface area contributed by atoms with Crippen molar-refractivity contribution in [3.05, 3.63) is 69.8 Å². The Labute approximate surface area is 186 Å². The molecule has 0 fully saturated rings. The summed E-state index contributed by atoms with van der Waals surface area (Å²) in [5.74, 6) is 0. The van der Waals surface area contributed by atoms with Gasteiger partial charge in [0.05, 0.1) is 0 Å². The maximum atomic E-state index is 13.1.